The molecule has 9 heavy (non-hydrogen) atoms. The number of hydrogen-bond acceptors (Lipinski definition) is 4. The molecule has 0 saturated carbocycles. The lowest BCUT2D eigenvalue weighted by Crippen LogP contribution is -2.05. The van der Waals surface area contributed by atoms with Crippen LogP contribution in [0.1, 0.15) is 0 Å². The number of nitrogens with zero attached hydrogens (tertiary/aromatic N) is 1. The molecular formula is C5H6N2OS. The second-order valence-corrected chi connectivity index (χ2v) is 1.91. The Morgan fingerprint density at radius 1 is 1.67 bits per heavy atom. The molecule has 0 radical (unpaired) electrons. The summed E-state index contributed by atoms with van der Waals surface area (Å²) in [4.78, 5) is 0.639. The quantitative estimate of drug-likeness (QED) is 0.312. The Balaban J connectivity index is 3.33. The van der Waals surface area contributed by atoms with Gasteiger partial charge in [-0.15, -0.1) is 17.7 Å². The van der Waals surface area contributed by atoms with E-state index in [2.05, 4.69) is 17.7 Å². The lowest BCUT2D eigenvalue weighted by atomic mass is 10.5. The lowest BCUT2D eigenvalue weighted by molar-refractivity contribution is 0.473. The Morgan fingerprint density at radius 3 is 2.89 bits per heavy atom. The highest BCUT2D eigenvalue weighted by Gasteiger charge is 1.86. The summed E-state index contributed by atoms with van der Waals surface area (Å²) < 4.78 is 4.84. The fraction of sp³-hybridized carbons (Fsp3) is 0. The second-order valence-electron chi connectivity index (χ2n) is 1.43. The third-order valence-electron chi connectivity index (χ3n) is 0.849. The molecule has 0 spiro atoms. The van der Waals surface area contributed by atoms with Gasteiger partial charge in [-0.2, -0.15) is 0 Å². The van der Waals surface area contributed by atoms with Crippen molar-refractivity contribution in [3.05, 3.63) is 23.9 Å². The number of rotatable bonds is 0. The molecule has 0 aromatic carbocycles. The molecule has 0 atom stereocenters. The topological polar surface area (TPSA) is 51.5 Å². The van der Waals surface area contributed by atoms with Crippen molar-refractivity contribution in [1.82, 2.24) is 0 Å². The smallest absolute Gasteiger partial charge is 0.248 e. The molecular weight excluding hydrogens is 136 g/mol. The Bertz CT molecular complexity index is 255. The molecule has 0 aliphatic carbocycles. The van der Waals surface area contributed by atoms with E-state index in [1.807, 2.05) is 0 Å². The summed E-state index contributed by atoms with van der Waals surface area (Å²) in [5.41, 5.74) is 0.348. The van der Waals surface area contributed by atoms with Gasteiger partial charge >= 0.3 is 0 Å². The molecule has 0 saturated heterocycles. The minimum atomic E-state index is 0.348. The van der Waals surface area contributed by atoms with E-state index in [-0.39, 0.29) is 0 Å². The van der Waals surface area contributed by atoms with Gasteiger partial charge < -0.3 is 10.3 Å². The van der Waals surface area contributed by atoms with Gasteiger partial charge in [0.2, 0.25) is 5.55 Å². The first-order valence-electron chi connectivity index (χ1n) is 2.35. The average Bonchev–Trinajstić information content (AvgIpc) is 1.89. The van der Waals surface area contributed by atoms with Crippen LogP contribution in [0.15, 0.2) is 32.8 Å². The highest BCUT2D eigenvalue weighted by atomic mass is 32.1. The van der Waals surface area contributed by atoms with Crippen molar-refractivity contribution in [2.75, 3.05) is 0 Å². The molecule has 1 heterocycles. The van der Waals surface area contributed by atoms with Gasteiger partial charge in [0.15, 0.2) is 0 Å². The summed E-state index contributed by atoms with van der Waals surface area (Å²) >= 11 is 4.01. The SMILES string of the molecule is NN=c1occcc1S. The van der Waals surface area contributed by atoms with Crippen molar-refractivity contribution < 1.29 is 4.42 Å². The van der Waals surface area contributed by atoms with Gasteiger partial charge in [0, 0.05) is 0 Å². The third-order valence-corrected chi connectivity index (χ3v) is 1.19. The predicted molar refractivity (Wildman–Crippen MR) is 35.7 cm³/mol. The zero-order valence-corrected chi connectivity index (χ0v) is 5.51. The van der Waals surface area contributed by atoms with Crippen molar-refractivity contribution in [2.24, 2.45) is 10.9 Å². The normalized spacial score (nSPS) is 11.9. The van der Waals surface area contributed by atoms with E-state index in [0.29, 0.717) is 10.4 Å². The van der Waals surface area contributed by atoms with E-state index in [1.54, 1.807) is 12.1 Å². The van der Waals surface area contributed by atoms with Crippen LogP contribution >= 0.6 is 12.6 Å². The van der Waals surface area contributed by atoms with Gasteiger partial charge in [-0.1, -0.05) is 0 Å². The van der Waals surface area contributed by atoms with Gasteiger partial charge in [-0.25, -0.2) is 0 Å². The molecule has 0 bridgehead atoms. The Kier molecular flexibility index (Phi) is 1.79. The number of hydrogen-bond donors (Lipinski definition) is 2. The summed E-state index contributed by atoms with van der Waals surface area (Å²) in [6.45, 7) is 0. The Hall–Kier alpha value is -0.900. The van der Waals surface area contributed by atoms with Gasteiger partial charge in [0.1, 0.15) is 0 Å². The summed E-state index contributed by atoms with van der Waals surface area (Å²) in [5, 5.41) is 3.33. The van der Waals surface area contributed by atoms with E-state index in [9.17, 15) is 0 Å². The first kappa shape index (κ1) is 6.22. The summed E-state index contributed by atoms with van der Waals surface area (Å²) in [5.74, 6) is 4.93. The summed E-state index contributed by atoms with van der Waals surface area (Å²) in [7, 11) is 0. The molecule has 1 aromatic heterocycles. The fourth-order valence-electron chi connectivity index (χ4n) is 0.462. The molecule has 48 valence electrons. The fourth-order valence-corrected chi connectivity index (χ4v) is 0.659. The van der Waals surface area contributed by atoms with E-state index in [0.717, 1.165) is 0 Å². The van der Waals surface area contributed by atoms with Gasteiger partial charge in [0.05, 0.1) is 11.2 Å². The molecule has 0 aliphatic rings. The van der Waals surface area contributed by atoms with Crippen LogP contribution in [0.3, 0.4) is 0 Å². The van der Waals surface area contributed by atoms with Gasteiger partial charge in [0.25, 0.3) is 0 Å². The van der Waals surface area contributed by atoms with Crippen molar-refractivity contribution in [2.45, 2.75) is 4.90 Å². The number of nitrogens with two attached hydrogens (primary N) is 1. The largest absolute Gasteiger partial charge is 0.445 e. The van der Waals surface area contributed by atoms with Gasteiger partial charge in [-0.3, -0.25) is 0 Å². The molecule has 1 aromatic rings. The molecule has 0 unspecified atom stereocenters. The molecule has 0 aliphatic heterocycles. The summed E-state index contributed by atoms with van der Waals surface area (Å²) in [6.07, 6.45) is 1.49. The van der Waals surface area contributed by atoms with E-state index < -0.39 is 0 Å². The van der Waals surface area contributed by atoms with Crippen LogP contribution in [0.25, 0.3) is 0 Å². The van der Waals surface area contributed by atoms with Crippen molar-refractivity contribution >= 4 is 12.6 Å². The monoisotopic (exact) mass is 142 g/mol. The molecule has 2 N–H and O–H groups in total. The molecule has 0 amide bonds. The maximum Gasteiger partial charge on any atom is 0.248 e. The van der Waals surface area contributed by atoms with Crippen molar-refractivity contribution in [3.63, 3.8) is 0 Å². The molecule has 0 fully saturated rings. The minimum absolute atomic E-state index is 0.348. The summed E-state index contributed by atoms with van der Waals surface area (Å²) in [6, 6.07) is 3.47. The third kappa shape index (κ3) is 1.26. The minimum Gasteiger partial charge on any atom is -0.445 e. The standard InChI is InChI=1S/C5H6N2OS/c6-7-5-4(9)2-1-3-8-5/h1-3,9H,6H2. The Labute approximate surface area is 57.6 Å². The highest BCUT2D eigenvalue weighted by Crippen LogP contribution is 1.94. The predicted octanol–water partition coefficient (Wildman–Crippen LogP) is 0.343. The lowest BCUT2D eigenvalue weighted by Gasteiger charge is -1.86. The first-order valence-corrected chi connectivity index (χ1v) is 2.80. The van der Waals surface area contributed by atoms with E-state index >= 15 is 0 Å². The molecule has 3 nitrogen and oxygen atoms in total. The van der Waals surface area contributed by atoms with Crippen LogP contribution in [-0.4, -0.2) is 0 Å². The maximum absolute atomic E-state index is 4.93. The maximum atomic E-state index is 4.93. The van der Waals surface area contributed by atoms with Crippen LogP contribution in [0.4, 0.5) is 0 Å². The number of thiol groups is 1. The Morgan fingerprint density at radius 2 is 2.44 bits per heavy atom. The van der Waals surface area contributed by atoms with Crippen LogP contribution in [-0.2, 0) is 0 Å². The second kappa shape index (κ2) is 2.59. The first-order chi connectivity index (χ1) is 4.34. The average molecular weight is 142 g/mol. The molecule has 1 rings (SSSR count). The zero-order chi connectivity index (χ0) is 6.69. The van der Waals surface area contributed by atoms with Crippen molar-refractivity contribution in [3.8, 4) is 0 Å². The van der Waals surface area contributed by atoms with E-state index in [1.165, 1.54) is 6.26 Å². The van der Waals surface area contributed by atoms with Crippen LogP contribution in [0.5, 0.6) is 0 Å². The highest BCUT2D eigenvalue weighted by molar-refractivity contribution is 7.80. The van der Waals surface area contributed by atoms with Gasteiger partial charge in [-0.05, 0) is 12.1 Å². The molecule has 4 heteroatoms. The van der Waals surface area contributed by atoms with E-state index in [4.69, 9.17) is 10.3 Å². The van der Waals surface area contributed by atoms with Crippen LogP contribution in [0, 0.1) is 0 Å². The van der Waals surface area contributed by atoms with Crippen LogP contribution in [0.2, 0.25) is 0 Å². The zero-order valence-electron chi connectivity index (χ0n) is 4.61. The van der Waals surface area contributed by atoms with Crippen LogP contribution < -0.4 is 11.4 Å². The van der Waals surface area contributed by atoms with Crippen molar-refractivity contribution in [1.29, 1.82) is 0 Å².